The van der Waals surface area contributed by atoms with Gasteiger partial charge in [0.15, 0.2) is 0 Å². The lowest BCUT2D eigenvalue weighted by Gasteiger charge is -2.30. The Labute approximate surface area is 150 Å². The summed E-state index contributed by atoms with van der Waals surface area (Å²) in [5.41, 5.74) is 0.728. The first-order valence-electron chi connectivity index (χ1n) is 7.64. The summed E-state index contributed by atoms with van der Waals surface area (Å²) in [5, 5.41) is 5.43. The van der Waals surface area contributed by atoms with Crippen LogP contribution in [0, 0.1) is 4.91 Å². The van der Waals surface area contributed by atoms with Crippen molar-refractivity contribution in [3.05, 3.63) is 32.1 Å². The van der Waals surface area contributed by atoms with E-state index in [2.05, 4.69) is 21.2 Å². The molecule has 1 unspecified atom stereocenters. The molecule has 1 aliphatic rings. The highest BCUT2D eigenvalue weighted by atomic mass is 79.9. The van der Waals surface area contributed by atoms with Crippen LogP contribution in [0.3, 0.4) is 0 Å². The van der Waals surface area contributed by atoms with Crippen LogP contribution >= 0.6 is 27.5 Å². The number of methoxy groups -OCH3 is 1. The topological polar surface area (TPSA) is 51.1 Å². The van der Waals surface area contributed by atoms with Gasteiger partial charge in [0, 0.05) is 24.6 Å². The molecule has 1 saturated heterocycles. The predicted octanol–water partition coefficient (Wildman–Crippen LogP) is 5.11. The molecule has 0 N–H and O–H groups in total. The van der Waals surface area contributed by atoms with E-state index in [9.17, 15) is 4.91 Å². The SMILES string of the molecule is COCCCOc1cc(C2CCC(C)(C)N2N=O)c(Br)cc1Cl. The number of halogens is 2. The van der Waals surface area contributed by atoms with Crippen LogP contribution in [0.5, 0.6) is 5.75 Å². The summed E-state index contributed by atoms with van der Waals surface area (Å²) in [4.78, 5) is 11.3. The molecule has 0 radical (unpaired) electrons. The molecule has 7 heteroatoms. The van der Waals surface area contributed by atoms with Gasteiger partial charge in [0.25, 0.3) is 0 Å². The fraction of sp³-hybridized carbons (Fsp3) is 0.625. The molecule has 0 bridgehead atoms. The van der Waals surface area contributed by atoms with Gasteiger partial charge < -0.3 is 9.47 Å². The lowest BCUT2D eigenvalue weighted by molar-refractivity contribution is 0.131. The monoisotopic (exact) mass is 404 g/mol. The molecule has 0 aliphatic carbocycles. The summed E-state index contributed by atoms with van der Waals surface area (Å²) in [6.07, 6.45) is 2.56. The summed E-state index contributed by atoms with van der Waals surface area (Å²) in [6, 6.07) is 3.65. The Balaban J connectivity index is 2.23. The minimum absolute atomic E-state index is 0.0736. The first-order chi connectivity index (χ1) is 10.9. The number of hydrogen-bond acceptors (Lipinski definition) is 4. The molecule has 0 spiro atoms. The zero-order valence-corrected chi connectivity index (χ0v) is 16.0. The molecular formula is C16H22BrClN2O3. The molecule has 1 heterocycles. The van der Waals surface area contributed by atoms with Crippen molar-refractivity contribution >= 4 is 27.5 Å². The van der Waals surface area contributed by atoms with E-state index in [-0.39, 0.29) is 11.6 Å². The molecule has 23 heavy (non-hydrogen) atoms. The predicted molar refractivity (Wildman–Crippen MR) is 94.8 cm³/mol. The summed E-state index contributed by atoms with van der Waals surface area (Å²) >= 11 is 9.81. The van der Waals surface area contributed by atoms with E-state index in [1.165, 1.54) is 0 Å². The van der Waals surface area contributed by atoms with Crippen LogP contribution < -0.4 is 4.74 Å². The standard InChI is InChI=1S/C16H22BrClN2O3/c1-16(2)6-5-14(20(16)19-21)11-9-15(13(18)10-12(11)17)23-8-4-7-22-3/h9-10,14H,4-8H2,1-3H3. The van der Waals surface area contributed by atoms with Crippen molar-refractivity contribution < 1.29 is 9.47 Å². The van der Waals surface area contributed by atoms with Crippen LogP contribution in [0.4, 0.5) is 0 Å². The molecule has 128 valence electrons. The highest BCUT2D eigenvalue weighted by Gasteiger charge is 2.41. The van der Waals surface area contributed by atoms with Crippen molar-refractivity contribution in [2.75, 3.05) is 20.3 Å². The average molecular weight is 406 g/mol. The van der Waals surface area contributed by atoms with Gasteiger partial charge in [0.2, 0.25) is 0 Å². The number of ether oxygens (including phenoxy) is 2. The van der Waals surface area contributed by atoms with Crippen LogP contribution in [0.2, 0.25) is 5.02 Å². The van der Waals surface area contributed by atoms with E-state index < -0.39 is 0 Å². The Bertz CT molecular complexity index is 569. The molecule has 1 aromatic carbocycles. The normalized spacial score (nSPS) is 19.9. The van der Waals surface area contributed by atoms with Crippen LogP contribution in [0.25, 0.3) is 0 Å². The van der Waals surface area contributed by atoms with E-state index in [0.717, 1.165) is 29.3 Å². The fourth-order valence-electron chi connectivity index (χ4n) is 2.90. The molecule has 1 aliphatic heterocycles. The average Bonchev–Trinajstić information content (AvgIpc) is 2.80. The van der Waals surface area contributed by atoms with Crippen LogP contribution in [0.1, 0.15) is 44.7 Å². The smallest absolute Gasteiger partial charge is 0.138 e. The number of rotatable bonds is 7. The van der Waals surface area contributed by atoms with Gasteiger partial charge in [-0.1, -0.05) is 27.5 Å². The van der Waals surface area contributed by atoms with E-state index in [1.54, 1.807) is 12.1 Å². The molecule has 2 rings (SSSR count). The van der Waals surface area contributed by atoms with E-state index >= 15 is 0 Å². The number of hydrogen-bond donors (Lipinski definition) is 0. The molecule has 5 nitrogen and oxygen atoms in total. The fourth-order valence-corrected chi connectivity index (χ4v) is 3.86. The van der Waals surface area contributed by atoms with Crippen molar-refractivity contribution in [1.82, 2.24) is 5.01 Å². The maximum Gasteiger partial charge on any atom is 0.138 e. The van der Waals surface area contributed by atoms with Crippen LogP contribution in [-0.4, -0.2) is 30.9 Å². The summed E-state index contributed by atoms with van der Waals surface area (Å²) < 4.78 is 11.6. The third-order valence-corrected chi connectivity index (χ3v) is 5.18. The van der Waals surface area contributed by atoms with Crippen molar-refractivity contribution in [2.45, 2.75) is 44.7 Å². The van der Waals surface area contributed by atoms with Crippen LogP contribution in [0.15, 0.2) is 21.9 Å². The minimum Gasteiger partial charge on any atom is -0.492 e. The Morgan fingerprint density at radius 3 is 2.83 bits per heavy atom. The maximum atomic E-state index is 11.3. The summed E-state index contributed by atoms with van der Waals surface area (Å²) in [5.74, 6) is 0.622. The summed E-state index contributed by atoms with van der Waals surface area (Å²) in [6.45, 7) is 5.22. The van der Waals surface area contributed by atoms with Crippen molar-refractivity contribution in [1.29, 1.82) is 0 Å². The second kappa shape index (κ2) is 7.81. The first kappa shape index (κ1) is 18.5. The summed E-state index contributed by atoms with van der Waals surface area (Å²) in [7, 11) is 1.66. The van der Waals surface area contributed by atoms with Crippen molar-refractivity contribution in [3.8, 4) is 5.75 Å². The third kappa shape index (κ3) is 4.17. The largest absolute Gasteiger partial charge is 0.492 e. The van der Waals surface area contributed by atoms with Gasteiger partial charge in [-0.05, 0) is 44.4 Å². The first-order valence-corrected chi connectivity index (χ1v) is 8.81. The van der Waals surface area contributed by atoms with E-state index in [0.29, 0.717) is 24.0 Å². The highest BCUT2D eigenvalue weighted by molar-refractivity contribution is 9.10. The molecule has 0 saturated carbocycles. The van der Waals surface area contributed by atoms with E-state index in [4.69, 9.17) is 21.1 Å². The lowest BCUT2D eigenvalue weighted by atomic mass is 10.0. The van der Waals surface area contributed by atoms with Gasteiger partial charge in [-0.25, -0.2) is 5.01 Å². The second-order valence-corrected chi connectivity index (χ2v) is 7.55. The van der Waals surface area contributed by atoms with Gasteiger partial charge >= 0.3 is 0 Å². The molecule has 0 aromatic heterocycles. The second-order valence-electron chi connectivity index (χ2n) is 6.29. The van der Waals surface area contributed by atoms with Crippen molar-refractivity contribution in [3.63, 3.8) is 0 Å². The molecule has 1 atom stereocenters. The molecular weight excluding hydrogens is 384 g/mol. The Hall–Kier alpha value is -0.850. The quantitative estimate of drug-likeness (QED) is 0.467. The zero-order chi connectivity index (χ0) is 17.0. The number of benzene rings is 1. The molecule has 1 aromatic rings. The van der Waals surface area contributed by atoms with Crippen LogP contribution in [-0.2, 0) is 4.74 Å². The molecule has 1 fully saturated rings. The lowest BCUT2D eigenvalue weighted by Crippen LogP contribution is -2.35. The molecule has 0 amide bonds. The number of nitrogens with zero attached hydrogens (tertiary/aromatic N) is 2. The Kier molecular flexibility index (Phi) is 6.28. The van der Waals surface area contributed by atoms with Gasteiger partial charge in [0.05, 0.1) is 28.5 Å². The van der Waals surface area contributed by atoms with Gasteiger partial charge in [-0.15, -0.1) is 4.91 Å². The maximum absolute atomic E-state index is 11.3. The van der Waals surface area contributed by atoms with Gasteiger partial charge in [-0.3, -0.25) is 0 Å². The number of nitroso groups, excluding NO2 is 1. The van der Waals surface area contributed by atoms with Gasteiger partial charge in [-0.2, -0.15) is 0 Å². The third-order valence-electron chi connectivity index (χ3n) is 4.19. The van der Waals surface area contributed by atoms with Crippen molar-refractivity contribution in [2.24, 2.45) is 5.29 Å². The Morgan fingerprint density at radius 2 is 2.17 bits per heavy atom. The minimum atomic E-state index is -0.245. The van der Waals surface area contributed by atoms with Gasteiger partial charge in [0.1, 0.15) is 5.75 Å². The van der Waals surface area contributed by atoms with E-state index in [1.807, 2.05) is 26.0 Å². The highest BCUT2D eigenvalue weighted by Crippen LogP contribution is 2.46. The Morgan fingerprint density at radius 1 is 1.43 bits per heavy atom. The zero-order valence-electron chi connectivity index (χ0n) is 13.6.